The fraction of sp³-hybridized carbons (Fsp3) is 0.581. The number of alkyl halides is 17. The SMILES string of the molecule is CCOC(=O)/C=C/C=C/C[C@@H](OC)[C@H](OC(=O)Nc1ccc(OC)cc1)c1ccc(OCCO[Si](CCC(F)(F)C(F)(F)C(F)(F)C(F)(F)C(F)(F)C(F)(F)C(F)(F)C(F)(F)F)(C(C)C)C(C)C)cc1. The summed E-state index contributed by atoms with van der Waals surface area (Å²) in [5, 5.41) is 2.57. The van der Waals surface area contributed by atoms with Gasteiger partial charge in [0.25, 0.3) is 0 Å². The summed E-state index contributed by atoms with van der Waals surface area (Å²) in [5.74, 6) is -56.9. The molecule has 0 heterocycles. The molecule has 2 atom stereocenters. The molecule has 0 unspecified atom stereocenters. The molecule has 0 saturated carbocycles. The quantitative estimate of drug-likeness (QED) is 0.0236. The Morgan fingerprint density at radius 3 is 1.63 bits per heavy atom. The molecule has 0 aromatic heterocycles. The maximum absolute atomic E-state index is 15.1. The number of hydrogen-bond donors (Lipinski definition) is 1. The van der Waals surface area contributed by atoms with E-state index in [2.05, 4.69) is 5.32 Å². The van der Waals surface area contributed by atoms with E-state index in [1.54, 1.807) is 25.1 Å². The first-order chi connectivity index (χ1) is 32.0. The Balaban J connectivity index is 2.33. The Morgan fingerprint density at radius 1 is 0.657 bits per heavy atom. The van der Waals surface area contributed by atoms with Crippen molar-refractivity contribution in [3.8, 4) is 11.5 Å². The average Bonchev–Trinajstić information content (AvgIpc) is 3.26. The fourth-order valence-corrected chi connectivity index (χ4v) is 11.2. The summed E-state index contributed by atoms with van der Waals surface area (Å²) in [5.41, 5.74) is -1.12. The van der Waals surface area contributed by atoms with Crippen LogP contribution < -0.4 is 14.8 Å². The van der Waals surface area contributed by atoms with Crippen molar-refractivity contribution in [1.29, 1.82) is 0 Å². The number of carbonyl (C=O) groups excluding carboxylic acids is 2. The van der Waals surface area contributed by atoms with Crippen molar-refractivity contribution >= 4 is 26.1 Å². The number of nitrogens with one attached hydrogen (secondary N) is 1. The molecule has 9 nitrogen and oxygen atoms in total. The summed E-state index contributed by atoms with van der Waals surface area (Å²) >= 11 is 0. The number of esters is 1. The van der Waals surface area contributed by atoms with Gasteiger partial charge in [-0.2, -0.15) is 74.6 Å². The third kappa shape index (κ3) is 13.2. The molecule has 1 N–H and O–H groups in total. The molecule has 70 heavy (non-hydrogen) atoms. The van der Waals surface area contributed by atoms with Crippen LogP contribution in [-0.2, 0) is 23.4 Å². The molecular weight excluding hydrogens is 1010 g/mol. The predicted octanol–water partition coefficient (Wildman–Crippen LogP) is 13.6. The van der Waals surface area contributed by atoms with Crippen LogP contribution in [-0.4, -0.2) is 108 Å². The zero-order valence-electron chi connectivity index (χ0n) is 38.2. The van der Waals surface area contributed by atoms with Gasteiger partial charge < -0.3 is 28.1 Å². The minimum Gasteiger partial charge on any atom is -0.497 e. The second-order valence-corrected chi connectivity index (χ2v) is 20.9. The highest BCUT2D eigenvalue weighted by atomic mass is 28.4. The molecule has 1 amide bonds. The summed E-state index contributed by atoms with van der Waals surface area (Å²) < 4.78 is 269. The van der Waals surface area contributed by atoms with Gasteiger partial charge in [0.05, 0.1) is 20.3 Å². The highest BCUT2D eigenvalue weighted by Crippen LogP contribution is 2.64. The molecule has 398 valence electrons. The van der Waals surface area contributed by atoms with Crippen molar-refractivity contribution in [1.82, 2.24) is 0 Å². The monoisotopic (exact) mass is 1060 g/mol. The van der Waals surface area contributed by atoms with E-state index in [9.17, 15) is 75.4 Å². The summed E-state index contributed by atoms with van der Waals surface area (Å²) in [6.45, 7) is 6.05. The minimum atomic E-state index is -8.71. The summed E-state index contributed by atoms with van der Waals surface area (Å²) in [6, 6.07) is 10.6. The summed E-state index contributed by atoms with van der Waals surface area (Å²) in [6.07, 6.45) is -7.46. The minimum absolute atomic E-state index is 0.0952. The van der Waals surface area contributed by atoms with Gasteiger partial charge in [-0.1, -0.05) is 58.1 Å². The van der Waals surface area contributed by atoms with Crippen LogP contribution >= 0.6 is 0 Å². The highest BCUT2D eigenvalue weighted by molar-refractivity contribution is 6.76. The van der Waals surface area contributed by atoms with E-state index in [1.807, 2.05) is 0 Å². The van der Waals surface area contributed by atoms with Gasteiger partial charge in [-0.15, -0.1) is 0 Å². The first-order valence-corrected chi connectivity index (χ1v) is 23.0. The van der Waals surface area contributed by atoms with E-state index in [0.29, 0.717) is 17.0 Å². The van der Waals surface area contributed by atoms with E-state index in [1.165, 1.54) is 96.5 Å². The van der Waals surface area contributed by atoms with Gasteiger partial charge in [-0.05, 0) is 72.4 Å². The van der Waals surface area contributed by atoms with E-state index >= 15 is 8.78 Å². The van der Waals surface area contributed by atoms with Gasteiger partial charge in [-0.25, -0.2) is 9.59 Å². The first kappa shape index (κ1) is 61.3. The van der Waals surface area contributed by atoms with Crippen molar-refractivity contribution < 1.29 is 112 Å². The Morgan fingerprint density at radius 2 is 1.16 bits per heavy atom. The molecule has 0 fully saturated rings. The largest absolute Gasteiger partial charge is 0.497 e. The molecular formula is C43H50F17NO8Si. The second-order valence-electron chi connectivity index (χ2n) is 15.9. The first-order valence-electron chi connectivity index (χ1n) is 20.7. The summed E-state index contributed by atoms with van der Waals surface area (Å²) in [7, 11) is -1.26. The topological polar surface area (TPSA) is 102 Å². The zero-order valence-corrected chi connectivity index (χ0v) is 39.2. The van der Waals surface area contributed by atoms with Gasteiger partial charge in [0, 0.05) is 25.3 Å². The van der Waals surface area contributed by atoms with Crippen molar-refractivity contribution in [2.45, 2.75) is 124 Å². The third-order valence-corrected chi connectivity index (χ3v) is 16.5. The smallest absolute Gasteiger partial charge is 0.460 e. The Hall–Kier alpha value is -4.79. The van der Waals surface area contributed by atoms with E-state index in [4.69, 9.17) is 28.1 Å². The van der Waals surface area contributed by atoms with Gasteiger partial charge in [0.1, 0.15) is 24.2 Å². The van der Waals surface area contributed by atoms with Crippen molar-refractivity contribution in [3.05, 3.63) is 78.4 Å². The van der Waals surface area contributed by atoms with Crippen LogP contribution in [0, 0.1) is 0 Å². The molecule has 2 aromatic carbocycles. The number of methoxy groups -OCH3 is 2. The van der Waals surface area contributed by atoms with Crippen LogP contribution in [0.3, 0.4) is 0 Å². The van der Waals surface area contributed by atoms with Gasteiger partial charge in [0.15, 0.2) is 14.4 Å². The lowest BCUT2D eigenvalue weighted by molar-refractivity contribution is -0.461. The molecule has 0 aliphatic carbocycles. The second kappa shape index (κ2) is 23.6. The molecule has 0 bridgehead atoms. The zero-order chi connectivity index (χ0) is 54.0. The lowest BCUT2D eigenvalue weighted by Crippen LogP contribution is -2.74. The fourth-order valence-electron chi connectivity index (χ4n) is 6.75. The number of amides is 1. The lowest BCUT2D eigenvalue weighted by Gasteiger charge is -2.44. The van der Waals surface area contributed by atoms with E-state index in [0.717, 1.165) is 0 Å². The molecule has 0 aliphatic rings. The van der Waals surface area contributed by atoms with Crippen LogP contribution in [0.5, 0.6) is 11.5 Å². The number of ether oxygens (including phenoxy) is 5. The van der Waals surface area contributed by atoms with E-state index in [-0.39, 0.29) is 18.8 Å². The van der Waals surface area contributed by atoms with E-state index < -0.39 is 117 Å². The molecule has 0 radical (unpaired) electrons. The van der Waals surface area contributed by atoms with Gasteiger partial charge in [-0.3, -0.25) is 5.32 Å². The molecule has 0 spiro atoms. The number of rotatable bonds is 27. The number of anilines is 1. The number of benzene rings is 2. The molecule has 27 heteroatoms. The number of carbonyl (C=O) groups is 2. The molecule has 0 saturated heterocycles. The van der Waals surface area contributed by atoms with Crippen LogP contribution in [0.25, 0.3) is 0 Å². The van der Waals surface area contributed by atoms with Crippen LogP contribution in [0.15, 0.2) is 72.8 Å². The maximum Gasteiger partial charge on any atom is 0.460 e. The molecule has 0 aliphatic heterocycles. The van der Waals surface area contributed by atoms with Gasteiger partial charge >= 0.3 is 59.7 Å². The maximum atomic E-state index is 15.1. The Labute approximate surface area is 391 Å². The standard InChI is InChI=1S/C43H50F17NO8Si/c1-8-66-33(62)13-11-9-10-12-32(65-7)34(69-35(63)61-29-16-20-30(64-6)21-17-29)28-14-18-31(19-15-28)67-23-24-68-70(26(2)3,27(4)5)25-22-36(44,45)37(46,47)38(48,49)39(50,51)40(52,53)41(54,55)42(56,57)43(58,59)60/h9-11,13-21,26-27,32,34H,8,12,22-25H2,1-7H3,(H,61,63)/b10-9+,13-11+/t32-,34-/m1/s1. The summed E-state index contributed by atoms with van der Waals surface area (Å²) in [4.78, 5) is 24.7. The van der Waals surface area contributed by atoms with Gasteiger partial charge in [0.2, 0.25) is 0 Å². The molecule has 2 rings (SSSR count). The van der Waals surface area contributed by atoms with Crippen molar-refractivity contribution in [2.24, 2.45) is 0 Å². The van der Waals surface area contributed by atoms with Crippen LogP contribution in [0.4, 0.5) is 85.1 Å². The lowest BCUT2D eigenvalue weighted by atomic mass is 9.88. The van der Waals surface area contributed by atoms with Crippen LogP contribution in [0.2, 0.25) is 17.1 Å². The number of hydrogen-bond acceptors (Lipinski definition) is 8. The van der Waals surface area contributed by atoms with Crippen molar-refractivity contribution in [2.75, 3.05) is 39.4 Å². The normalized spacial score (nSPS) is 14.9. The Kier molecular flexibility index (Phi) is 20.7. The predicted molar refractivity (Wildman–Crippen MR) is 220 cm³/mol. The number of allylic oxidation sites excluding steroid dienone is 2. The number of halogens is 17. The Bertz CT molecular complexity index is 2040. The van der Waals surface area contributed by atoms with Crippen molar-refractivity contribution in [3.63, 3.8) is 0 Å². The highest BCUT2D eigenvalue weighted by Gasteiger charge is 2.95. The third-order valence-electron chi connectivity index (χ3n) is 10.8. The molecule has 2 aromatic rings. The average molecular weight is 1060 g/mol. The van der Waals surface area contributed by atoms with Crippen LogP contribution in [0.1, 0.15) is 59.1 Å².